The van der Waals surface area contributed by atoms with Gasteiger partial charge in [0.05, 0.1) is 33.7 Å². The van der Waals surface area contributed by atoms with Crippen molar-refractivity contribution in [2.24, 2.45) is 0 Å². The first-order valence-electron chi connectivity index (χ1n) is 10.2. The molecule has 1 aromatic heterocycles. The molecule has 1 heterocycles. The minimum atomic E-state index is -3.77. The van der Waals surface area contributed by atoms with E-state index in [1.165, 1.54) is 45.5 Å². The Labute approximate surface area is 186 Å². The molecule has 0 radical (unpaired) electrons. The number of benzene rings is 2. The molecule has 0 aliphatic carbocycles. The van der Waals surface area contributed by atoms with Crippen LogP contribution < -0.4 is 5.32 Å². The van der Waals surface area contributed by atoms with Crippen LogP contribution in [-0.2, 0) is 16.4 Å². The van der Waals surface area contributed by atoms with Gasteiger partial charge in [-0.2, -0.15) is 9.40 Å². The molecule has 0 saturated heterocycles. The lowest BCUT2D eigenvalue weighted by molar-refractivity contribution is 0.102. The van der Waals surface area contributed by atoms with Crippen LogP contribution in [0.5, 0.6) is 5.75 Å². The number of anilines is 1. The summed E-state index contributed by atoms with van der Waals surface area (Å²) in [5.74, 6) is -1.20. The van der Waals surface area contributed by atoms with Gasteiger partial charge in [0.15, 0.2) is 0 Å². The fourth-order valence-electron chi connectivity index (χ4n) is 3.39. The van der Waals surface area contributed by atoms with E-state index in [0.717, 1.165) is 0 Å². The zero-order valence-corrected chi connectivity index (χ0v) is 18.9. The summed E-state index contributed by atoms with van der Waals surface area (Å²) in [6, 6.07) is 9.47. The van der Waals surface area contributed by atoms with Crippen molar-refractivity contribution in [3.05, 3.63) is 65.7 Å². The van der Waals surface area contributed by atoms with E-state index >= 15 is 0 Å². The van der Waals surface area contributed by atoms with Gasteiger partial charge >= 0.3 is 0 Å². The molecule has 0 spiro atoms. The van der Waals surface area contributed by atoms with Crippen molar-refractivity contribution in [2.45, 2.75) is 32.1 Å². The number of sulfonamides is 1. The topological polar surface area (TPSA) is 105 Å². The Morgan fingerprint density at radius 3 is 2.38 bits per heavy atom. The van der Waals surface area contributed by atoms with Crippen molar-refractivity contribution in [3.8, 4) is 11.4 Å². The second-order valence-corrected chi connectivity index (χ2v) is 8.91. The van der Waals surface area contributed by atoms with E-state index in [2.05, 4.69) is 10.4 Å². The average Bonchev–Trinajstić information content (AvgIpc) is 3.20. The van der Waals surface area contributed by atoms with Gasteiger partial charge in [-0.25, -0.2) is 17.5 Å². The first-order valence-corrected chi connectivity index (χ1v) is 11.6. The van der Waals surface area contributed by atoms with E-state index in [1.807, 2.05) is 6.92 Å². The van der Waals surface area contributed by atoms with Gasteiger partial charge in [0.2, 0.25) is 10.0 Å². The van der Waals surface area contributed by atoms with Gasteiger partial charge in [-0.05, 0) is 48.9 Å². The van der Waals surface area contributed by atoms with Gasteiger partial charge in [0, 0.05) is 13.1 Å². The summed E-state index contributed by atoms with van der Waals surface area (Å²) < 4.78 is 41.6. The molecule has 0 fully saturated rings. The highest BCUT2D eigenvalue weighted by Gasteiger charge is 2.24. The number of halogens is 1. The molecule has 10 heteroatoms. The Kier molecular flexibility index (Phi) is 6.95. The van der Waals surface area contributed by atoms with E-state index in [9.17, 15) is 22.7 Å². The number of carbonyl (C=O) groups is 1. The van der Waals surface area contributed by atoms with Crippen molar-refractivity contribution in [1.82, 2.24) is 14.1 Å². The van der Waals surface area contributed by atoms with Gasteiger partial charge in [0.1, 0.15) is 11.6 Å². The number of aromatic nitrogens is 2. The third-order valence-corrected chi connectivity index (χ3v) is 7.12. The maximum atomic E-state index is 13.2. The molecule has 2 N–H and O–H groups in total. The lowest BCUT2D eigenvalue weighted by atomic mass is 10.1. The first-order chi connectivity index (χ1) is 15.2. The van der Waals surface area contributed by atoms with Gasteiger partial charge in [-0.3, -0.25) is 4.79 Å². The minimum absolute atomic E-state index is 0.0279. The lowest BCUT2D eigenvalue weighted by Gasteiger charge is -2.19. The normalized spacial score (nSPS) is 11.7. The molecule has 0 atom stereocenters. The van der Waals surface area contributed by atoms with Crippen molar-refractivity contribution in [1.29, 1.82) is 0 Å². The average molecular weight is 461 g/mol. The fraction of sp³-hybridized carbons (Fsp3) is 0.273. The number of hydrogen-bond acceptors (Lipinski definition) is 5. The highest BCUT2D eigenvalue weighted by atomic mass is 32.2. The molecule has 2 aromatic carbocycles. The van der Waals surface area contributed by atoms with Crippen LogP contribution in [-0.4, -0.2) is 46.6 Å². The number of carbonyl (C=O) groups excluding carboxylic acids is 1. The summed E-state index contributed by atoms with van der Waals surface area (Å²) in [6.07, 6.45) is 1.84. The van der Waals surface area contributed by atoms with Crippen LogP contribution in [0.3, 0.4) is 0 Å². The maximum absolute atomic E-state index is 13.2. The Morgan fingerprint density at radius 1 is 1.12 bits per heavy atom. The number of aromatic hydroxyl groups is 1. The molecule has 8 nitrogen and oxygen atoms in total. The summed E-state index contributed by atoms with van der Waals surface area (Å²) in [4.78, 5) is 12.9. The molecule has 0 aliphatic rings. The van der Waals surface area contributed by atoms with Gasteiger partial charge in [0.25, 0.3) is 5.91 Å². The number of phenols is 1. The fourth-order valence-corrected chi connectivity index (χ4v) is 4.87. The summed E-state index contributed by atoms with van der Waals surface area (Å²) >= 11 is 0. The van der Waals surface area contributed by atoms with Crippen molar-refractivity contribution >= 4 is 21.6 Å². The zero-order chi connectivity index (χ0) is 23.5. The molecule has 0 saturated carbocycles. The molecule has 3 aromatic rings. The van der Waals surface area contributed by atoms with Gasteiger partial charge < -0.3 is 10.4 Å². The first kappa shape index (κ1) is 23.4. The largest absolute Gasteiger partial charge is 0.506 e. The Balaban J connectivity index is 1.93. The molecular weight excluding hydrogens is 435 g/mol. The van der Waals surface area contributed by atoms with Crippen molar-refractivity contribution in [2.75, 3.05) is 18.4 Å². The highest BCUT2D eigenvalue weighted by Crippen LogP contribution is 2.29. The SMILES string of the molecule is CCc1c(C(=O)Nc2cc(S(=O)(=O)N(CC)CC)ccc2O)cnn1-c1ccc(F)cc1. The van der Waals surface area contributed by atoms with E-state index in [1.54, 1.807) is 26.0 Å². The molecule has 32 heavy (non-hydrogen) atoms. The summed E-state index contributed by atoms with van der Waals surface area (Å²) in [5.41, 5.74) is 1.41. The number of amides is 1. The predicted octanol–water partition coefficient (Wildman–Crippen LogP) is 3.56. The molecule has 170 valence electrons. The molecule has 0 aliphatic heterocycles. The van der Waals surface area contributed by atoms with Crippen LogP contribution in [0.1, 0.15) is 36.8 Å². The van der Waals surface area contributed by atoms with E-state index in [4.69, 9.17) is 0 Å². The summed E-state index contributed by atoms with van der Waals surface area (Å²) in [5, 5.41) is 17.0. The number of phenolic OH excluding ortho intramolecular Hbond substituents is 1. The van der Waals surface area contributed by atoms with Crippen LogP contribution in [0.25, 0.3) is 5.69 Å². The van der Waals surface area contributed by atoms with Crippen LogP contribution in [0.15, 0.2) is 53.6 Å². The van der Waals surface area contributed by atoms with Crippen LogP contribution in [0.2, 0.25) is 0 Å². The summed E-state index contributed by atoms with van der Waals surface area (Å²) in [7, 11) is -3.77. The monoisotopic (exact) mass is 460 g/mol. The van der Waals surface area contributed by atoms with Crippen LogP contribution >= 0.6 is 0 Å². The highest BCUT2D eigenvalue weighted by molar-refractivity contribution is 7.89. The minimum Gasteiger partial charge on any atom is -0.506 e. The van der Waals surface area contributed by atoms with Gasteiger partial charge in [-0.15, -0.1) is 0 Å². The molecule has 0 unspecified atom stereocenters. The van der Waals surface area contributed by atoms with E-state index < -0.39 is 15.9 Å². The molecule has 3 rings (SSSR count). The van der Waals surface area contributed by atoms with Crippen molar-refractivity contribution in [3.63, 3.8) is 0 Å². The van der Waals surface area contributed by atoms with E-state index in [-0.39, 0.29) is 27.7 Å². The Bertz CT molecular complexity index is 1220. The smallest absolute Gasteiger partial charge is 0.259 e. The third-order valence-electron chi connectivity index (χ3n) is 5.08. The molecular formula is C22H25FN4O4S. The van der Waals surface area contributed by atoms with Gasteiger partial charge in [-0.1, -0.05) is 20.8 Å². The number of nitrogens with one attached hydrogen (secondary N) is 1. The van der Waals surface area contributed by atoms with Crippen LogP contribution in [0.4, 0.5) is 10.1 Å². The second kappa shape index (κ2) is 9.49. The van der Waals surface area contributed by atoms with Crippen molar-refractivity contribution < 1.29 is 22.7 Å². The van der Waals surface area contributed by atoms with E-state index in [0.29, 0.717) is 30.9 Å². The number of hydrogen-bond donors (Lipinski definition) is 2. The Morgan fingerprint density at radius 2 is 1.78 bits per heavy atom. The molecule has 0 bridgehead atoms. The lowest BCUT2D eigenvalue weighted by Crippen LogP contribution is -2.30. The molecule has 1 amide bonds. The zero-order valence-electron chi connectivity index (χ0n) is 18.0. The summed E-state index contributed by atoms with van der Waals surface area (Å²) in [6.45, 7) is 5.90. The standard InChI is InChI=1S/C22H25FN4O4S/c1-4-20-18(14-24-27(20)16-9-7-15(23)8-10-16)22(29)25-19-13-17(11-12-21(19)28)32(30,31)26(5-2)6-3/h7-14,28H,4-6H2,1-3H3,(H,25,29). The quantitative estimate of drug-likeness (QED) is 0.500. The van der Waals surface area contributed by atoms with Crippen LogP contribution in [0, 0.1) is 5.82 Å². The second-order valence-electron chi connectivity index (χ2n) is 6.97. The maximum Gasteiger partial charge on any atom is 0.259 e. The number of nitrogens with zero attached hydrogens (tertiary/aromatic N) is 3. The number of rotatable bonds is 8. The third kappa shape index (κ3) is 4.51. The predicted molar refractivity (Wildman–Crippen MR) is 119 cm³/mol. The Hall–Kier alpha value is -3.24.